The highest BCUT2D eigenvalue weighted by molar-refractivity contribution is 5.71. The van der Waals surface area contributed by atoms with E-state index in [0.717, 1.165) is 83.5 Å². The lowest BCUT2D eigenvalue weighted by Crippen LogP contribution is -2.30. The normalized spacial score (nSPS) is 12.3. The topological polar surface area (TPSA) is 78.9 Å². The van der Waals surface area contributed by atoms with Crippen molar-refractivity contribution < 1.29 is 28.6 Å². The van der Waals surface area contributed by atoms with E-state index in [1.807, 2.05) is 0 Å². The lowest BCUT2D eigenvalue weighted by molar-refractivity contribution is -0.167. The summed E-state index contributed by atoms with van der Waals surface area (Å²) in [6, 6.07) is 0. The summed E-state index contributed by atoms with van der Waals surface area (Å²) in [5, 5.41) is 0. The standard InChI is InChI=1S/C73H134O6/c1-4-7-10-13-16-19-22-25-28-31-33-35-37-39-40-42-45-48-51-54-57-60-63-66-72(75)78-69-70(68-77-71(74)65-62-59-56-53-50-47-44-30-27-24-21-18-15-12-9-6-3)79-73(76)67-64-61-58-55-52-49-46-43-41-38-36-34-32-29-26-23-20-17-14-11-8-5-2/h21-22,24-25,30-31,33,44,70H,4-20,23,26-29,32,34-43,45-69H2,1-3H3/b24-21-,25-22-,33-31-,44-30-. The molecule has 79 heavy (non-hydrogen) atoms. The van der Waals surface area contributed by atoms with Gasteiger partial charge in [0.05, 0.1) is 0 Å². The fourth-order valence-corrected chi connectivity index (χ4v) is 10.5. The highest BCUT2D eigenvalue weighted by Crippen LogP contribution is 2.18. The highest BCUT2D eigenvalue weighted by atomic mass is 16.6. The van der Waals surface area contributed by atoms with Crippen LogP contribution < -0.4 is 0 Å². The zero-order valence-corrected chi connectivity index (χ0v) is 53.2. The van der Waals surface area contributed by atoms with E-state index in [1.54, 1.807) is 0 Å². The Hall–Kier alpha value is -2.63. The zero-order chi connectivity index (χ0) is 57.1. The van der Waals surface area contributed by atoms with E-state index in [0.29, 0.717) is 19.3 Å². The summed E-state index contributed by atoms with van der Waals surface area (Å²) in [4.78, 5) is 38.4. The molecule has 0 N–H and O–H groups in total. The van der Waals surface area contributed by atoms with Gasteiger partial charge in [-0.3, -0.25) is 14.4 Å². The molecule has 0 aliphatic rings. The van der Waals surface area contributed by atoms with Crippen LogP contribution in [0.2, 0.25) is 0 Å². The predicted octanol–water partition coefficient (Wildman–Crippen LogP) is 24.1. The number of hydrogen-bond donors (Lipinski definition) is 0. The summed E-state index contributed by atoms with van der Waals surface area (Å²) in [7, 11) is 0. The average molecular weight is 1110 g/mol. The first-order chi connectivity index (χ1) is 39.0. The van der Waals surface area contributed by atoms with Gasteiger partial charge in [-0.15, -0.1) is 0 Å². The Morgan fingerprint density at radius 3 is 0.709 bits per heavy atom. The van der Waals surface area contributed by atoms with Gasteiger partial charge in [-0.25, -0.2) is 0 Å². The minimum atomic E-state index is -0.779. The van der Waals surface area contributed by atoms with Gasteiger partial charge in [0, 0.05) is 19.3 Å². The van der Waals surface area contributed by atoms with E-state index in [2.05, 4.69) is 69.4 Å². The van der Waals surface area contributed by atoms with E-state index in [-0.39, 0.29) is 31.1 Å². The zero-order valence-electron chi connectivity index (χ0n) is 53.2. The molecule has 0 aliphatic carbocycles. The molecule has 462 valence electrons. The van der Waals surface area contributed by atoms with Gasteiger partial charge >= 0.3 is 17.9 Å². The smallest absolute Gasteiger partial charge is 0.306 e. The largest absolute Gasteiger partial charge is 0.462 e. The SMILES string of the molecule is CCCCCC/C=C\C/C=C\CCCCCCCC(=O)OCC(COC(=O)CCCCCCCCCCCCC/C=C\C/C=C\CCCCCCC)OC(=O)CCCCCCCCCCCCCCCCCCCCCCCC. The van der Waals surface area contributed by atoms with E-state index < -0.39 is 6.10 Å². The van der Waals surface area contributed by atoms with Crippen molar-refractivity contribution in [1.29, 1.82) is 0 Å². The van der Waals surface area contributed by atoms with Gasteiger partial charge in [0.1, 0.15) is 13.2 Å². The summed E-state index contributed by atoms with van der Waals surface area (Å²) in [5.41, 5.74) is 0. The number of carbonyl (C=O) groups excluding carboxylic acids is 3. The Balaban J connectivity index is 4.32. The number of hydrogen-bond acceptors (Lipinski definition) is 6. The molecule has 0 amide bonds. The first-order valence-electron chi connectivity index (χ1n) is 35.1. The fraction of sp³-hybridized carbons (Fsp3) is 0.849. The van der Waals surface area contributed by atoms with Crippen LogP contribution in [-0.4, -0.2) is 37.2 Å². The summed E-state index contributed by atoms with van der Waals surface area (Å²) in [6.45, 7) is 6.67. The molecule has 0 fully saturated rings. The third kappa shape index (κ3) is 66.1. The molecule has 1 unspecified atom stereocenters. The molecule has 0 rings (SSSR count). The second-order valence-corrected chi connectivity index (χ2v) is 23.8. The Bertz CT molecular complexity index is 1360. The number of ether oxygens (including phenoxy) is 3. The van der Waals surface area contributed by atoms with E-state index in [9.17, 15) is 14.4 Å². The van der Waals surface area contributed by atoms with E-state index >= 15 is 0 Å². The molecule has 0 saturated heterocycles. The van der Waals surface area contributed by atoms with Crippen molar-refractivity contribution >= 4 is 17.9 Å². The van der Waals surface area contributed by atoms with Crippen LogP contribution >= 0.6 is 0 Å². The molecule has 6 nitrogen and oxygen atoms in total. The number of esters is 3. The lowest BCUT2D eigenvalue weighted by Gasteiger charge is -2.18. The van der Waals surface area contributed by atoms with Crippen LogP contribution in [0.15, 0.2) is 48.6 Å². The van der Waals surface area contributed by atoms with Gasteiger partial charge < -0.3 is 14.2 Å². The molecule has 0 bridgehead atoms. The van der Waals surface area contributed by atoms with Gasteiger partial charge in [-0.2, -0.15) is 0 Å². The van der Waals surface area contributed by atoms with Crippen molar-refractivity contribution in [2.24, 2.45) is 0 Å². The fourth-order valence-electron chi connectivity index (χ4n) is 10.5. The van der Waals surface area contributed by atoms with Crippen LogP contribution in [0.3, 0.4) is 0 Å². The van der Waals surface area contributed by atoms with Gasteiger partial charge in [-0.1, -0.05) is 326 Å². The van der Waals surface area contributed by atoms with Crippen LogP contribution in [0.5, 0.6) is 0 Å². The number of carbonyl (C=O) groups is 3. The molecule has 0 radical (unpaired) electrons. The van der Waals surface area contributed by atoms with Crippen molar-refractivity contribution in [2.45, 2.75) is 386 Å². The summed E-state index contributed by atoms with van der Waals surface area (Å²) < 4.78 is 17.0. The maximum atomic E-state index is 13.0. The Kier molecular flexibility index (Phi) is 65.6. The van der Waals surface area contributed by atoms with Crippen LogP contribution in [0.1, 0.15) is 380 Å². The van der Waals surface area contributed by atoms with Crippen molar-refractivity contribution in [3.05, 3.63) is 48.6 Å². The maximum Gasteiger partial charge on any atom is 0.306 e. The number of rotatable bonds is 65. The van der Waals surface area contributed by atoms with E-state index in [1.165, 1.54) is 257 Å². The first kappa shape index (κ1) is 76.4. The van der Waals surface area contributed by atoms with Crippen molar-refractivity contribution in [1.82, 2.24) is 0 Å². The summed E-state index contributed by atoms with van der Waals surface area (Å²) in [6.07, 6.45) is 85.6. The van der Waals surface area contributed by atoms with Gasteiger partial charge in [0.15, 0.2) is 6.10 Å². The summed E-state index contributed by atoms with van der Waals surface area (Å²) in [5.74, 6) is -0.864. The number of allylic oxidation sites excluding steroid dienone is 8. The highest BCUT2D eigenvalue weighted by Gasteiger charge is 2.19. The minimum Gasteiger partial charge on any atom is -0.462 e. The monoisotopic (exact) mass is 1110 g/mol. The quantitative estimate of drug-likeness (QED) is 0.0261. The Morgan fingerprint density at radius 1 is 0.253 bits per heavy atom. The minimum absolute atomic E-state index is 0.0748. The van der Waals surface area contributed by atoms with Crippen LogP contribution in [-0.2, 0) is 28.6 Å². The van der Waals surface area contributed by atoms with Crippen molar-refractivity contribution in [2.75, 3.05) is 13.2 Å². The molecular weight excluding hydrogens is 973 g/mol. The summed E-state index contributed by atoms with van der Waals surface area (Å²) >= 11 is 0. The molecule has 0 aromatic rings. The molecular formula is C73H134O6. The Labute approximate surface area is 492 Å². The van der Waals surface area contributed by atoms with Crippen LogP contribution in [0, 0.1) is 0 Å². The lowest BCUT2D eigenvalue weighted by atomic mass is 10.0. The third-order valence-electron chi connectivity index (χ3n) is 15.8. The molecule has 6 heteroatoms. The molecule has 0 heterocycles. The molecule has 0 aromatic heterocycles. The second kappa shape index (κ2) is 67.9. The van der Waals surface area contributed by atoms with Gasteiger partial charge in [0.2, 0.25) is 0 Å². The Morgan fingerprint density at radius 2 is 0.456 bits per heavy atom. The maximum absolute atomic E-state index is 13.0. The van der Waals surface area contributed by atoms with Crippen molar-refractivity contribution in [3.8, 4) is 0 Å². The first-order valence-corrected chi connectivity index (χ1v) is 35.1. The molecule has 1 atom stereocenters. The molecule has 0 aromatic carbocycles. The molecule has 0 spiro atoms. The van der Waals surface area contributed by atoms with Gasteiger partial charge in [0.25, 0.3) is 0 Å². The van der Waals surface area contributed by atoms with Gasteiger partial charge in [-0.05, 0) is 83.5 Å². The average Bonchev–Trinajstić information content (AvgIpc) is 3.45. The van der Waals surface area contributed by atoms with E-state index in [4.69, 9.17) is 14.2 Å². The van der Waals surface area contributed by atoms with Crippen LogP contribution in [0.25, 0.3) is 0 Å². The molecule has 0 saturated carbocycles. The predicted molar refractivity (Wildman–Crippen MR) is 344 cm³/mol. The van der Waals surface area contributed by atoms with Crippen LogP contribution in [0.4, 0.5) is 0 Å². The third-order valence-corrected chi connectivity index (χ3v) is 15.8. The molecule has 0 aliphatic heterocycles. The second-order valence-electron chi connectivity index (χ2n) is 23.8. The van der Waals surface area contributed by atoms with Crippen molar-refractivity contribution in [3.63, 3.8) is 0 Å². The number of unbranched alkanes of at least 4 members (excludes halogenated alkanes) is 46.